The maximum absolute atomic E-state index is 11.9. The minimum atomic E-state index is -0.299. The SMILES string of the molecule is COc1ccc(-c2nc(COC(=O)CCn3nc(C)cc3C)co2)cc1. The number of hydrogen-bond acceptors (Lipinski definition) is 6. The number of aromatic nitrogens is 3. The first-order valence-corrected chi connectivity index (χ1v) is 8.30. The van der Waals surface area contributed by atoms with Crippen molar-refractivity contribution in [2.75, 3.05) is 7.11 Å². The molecule has 26 heavy (non-hydrogen) atoms. The Kier molecular flexibility index (Phi) is 5.36. The molecule has 0 amide bonds. The Morgan fingerprint density at radius 1 is 1.23 bits per heavy atom. The second-order valence-electron chi connectivity index (χ2n) is 5.93. The van der Waals surface area contributed by atoms with Crippen molar-refractivity contribution in [3.05, 3.63) is 53.7 Å². The van der Waals surface area contributed by atoms with Crippen molar-refractivity contribution in [1.29, 1.82) is 0 Å². The van der Waals surface area contributed by atoms with Crippen molar-refractivity contribution in [3.63, 3.8) is 0 Å². The minimum absolute atomic E-state index is 0.0790. The summed E-state index contributed by atoms with van der Waals surface area (Å²) in [6, 6.07) is 9.35. The Morgan fingerprint density at radius 3 is 2.65 bits per heavy atom. The van der Waals surface area contributed by atoms with Crippen LogP contribution in [-0.2, 0) is 22.7 Å². The molecule has 2 aromatic heterocycles. The summed E-state index contributed by atoms with van der Waals surface area (Å²) in [6.45, 7) is 4.46. The standard InChI is InChI=1S/C19H21N3O4/c1-13-10-14(2)22(21-13)9-8-18(23)25-11-16-12-26-19(20-16)15-4-6-17(24-3)7-5-15/h4-7,10,12H,8-9,11H2,1-3H3. The van der Waals surface area contributed by atoms with Crippen molar-refractivity contribution in [3.8, 4) is 17.2 Å². The molecule has 7 nitrogen and oxygen atoms in total. The molecule has 3 rings (SSSR count). The van der Waals surface area contributed by atoms with Crippen LogP contribution in [0.15, 0.2) is 41.0 Å². The number of methoxy groups -OCH3 is 1. The van der Waals surface area contributed by atoms with Crippen molar-refractivity contribution < 1.29 is 18.7 Å². The van der Waals surface area contributed by atoms with Gasteiger partial charge in [0.2, 0.25) is 5.89 Å². The lowest BCUT2D eigenvalue weighted by molar-refractivity contribution is -0.145. The molecule has 2 heterocycles. The van der Waals surface area contributed by atoms with E-state index in [0.717, 1.165) is 22.7 Å². The van der Waals surface area contributed by atoms with Gasteiger partial charge >= 0.3 is 5.97 Å². The van der Waals surface area contributed by atoms with Gasteiger partial charge in [0, 0.05) is 11.3 Å². The van der Waals surface area contributed by atoms with E-state index in [0.29, 0.717) is 18.1 Å². The van der Waals surface area contributed by atoms with Crippen molar-refractivity contribution in [1.82, 2.24) is 14.8 Å². The fourth-order valence-electron chi connectivity index (χ4n) is 2.56. The third-order valence-corrected chi connectivity index (χ3v) is 3.90. The number of ether oxygens (including phenoxy) is 2. The van der Waals surface area contributed by atoms with Crippen LogP contribution in [0.25, 0.3) is 11.5 Å². The number of nitrogens with zero attached hydrogens (tertiary/aromatic N) is 3. The van der Waals surface area contributed by atoms with Gasteiger partial charge in [-0.2, -0.15) is 5.10 Å². The molecule has 0 saturated carbocycles. The van der Waals surface area contributed by atoms with Crippen LogP contribution >= 0.6 is 0 Å². The number of esters is 1. The molecule has 0 fully saturated rings. The van der Waals surface area contributed by atoms with E-state index in [1.807, 2.05) is 44.2 Å². The van der Waals surface area contributed by atoms with Gasteiger partial charge < -0.3 is 13.9 Å². The highest BCUT2D eigenvalue weighted by Crippen LogP contribution is 2.22. The normalized spacial score (nSPS) is 10.7. The molecule has 1 aromatic carbocycles. The topological polar surface area (TPSA) is 79.4 Å². The highest BCUT2D eigenvalue weighted by Gasteiger charge is 2.10. The van der Waals surface area contributed by atoms with Gasteiger partial charge in [0.05, 0.1) is 25.8 Å². The van der Waals surface area contributed by atoms with Crippen molar-refractivity contribution in [2.45, 2.75) is 33.4 Å². The molecule has 0 unspecified atom stereocenters. The molecule has 7 heteroatoms. The zero-order valence-corrected chi connectivity index (χ0v) is 15.1. The molecular weight excluding hydrogens is 334 g/mol. The predicted octanol–water partition coefficient (Wildman–Crippen LogP) is 3.30. The number of oxazole rings is 1. The summed E-state index contributed by atoms with van der Waals surface area (Å²) < 4.78 is 17.6. The fraction of sp³-hybridized carbons (Fsp3) is 0.316. The van der Waals surface area contributed by atoms with E-state index in [1.54, 1.807) is 11.8 Å². The number of benzene rings is 1. The van der Waals surface area contributed by atoms with E-state index in [4.69, 9.17) is 13.9 Å². The predicted molar refractivity (Wildman–Crippen MR) is 94.6 cm³/mol. The summed E-state index contributed by atoms with van der Waals surface area (Å²) in [5.74, 6) is 0.935. The van der Waals surface area contributed by atoms with Crippen LogP contribution in [0.2, 0.25) is 0 Å². The summed E-state index contributed by atoms with van der Waals surface area (Å²) in [7, 11) is 1.61. The molecule has 0 radical (unpaired) electrons. The van der Waals surface area contributed by atoms with E-state index in [2.05, 4.69) is 10.1 Å². The maximum Gasteiger partial charge on any atom is 0.308 e. The molecule has 3 aromatic rings. The number of carbonyl (C=O) groups is 1. The highest BCUT2D eigenvalue weighted by atomic mass is 16.5. The van der Waals surface area contributed by atoms with Gasteiger partial charge in [-0.15, -0.1) is 0 Å². The van der Waals surface area contributed by atoms with Gasteiger partial charge in [-0.1, -0.05) is 0 Å². The second kappa shape index (κ2) is 7.86. The third-order valence-electron chi connectivity index (χ3n) is 3.90. The van der Waals surface area contributed by atoms with Crippen molar-refractivity contribution in [2.24, 2.45) is 0 Å². The Morgan fingerprint density at radius 2 is 2.00 bits per heavy atom. The van der Waals surface area contributed by atoms with Gasteiger partial charge in [0.25, 0.3) is 0 Å². The molecule has 136 valence electrons. The summed E-state index contributed by atoms with van der Waals surface area (Å²) in [5, 5.41) is 4.32. The van der Waals surface area contributed by atoms with Crippen LogP contribution in [-0.4, -0.2) is 27.8 Å². The average Bonchev–Trinajstić information content (AvgIpc) is 3.24. The molecule has 0 N–H and O–H groups in total. The van der Waals surface area contributed by atoms with Crippen LogP contribution in [0, 0.1) is 13.8 Å². The number of hydrogen-bond donors (Lipinski definition) is 0. The lowest BCUT2D eigenvalue weighted by Crippen LogP contribution is -2.11. The van der Waals surface area contributed by atoms with E-state index >= 15 is 0 Å². The molecule has 0 aliphatic rings. The van der Waals surface area contributed by atoms with Crippen LogP contribution in [0.5, 0.6) is 5.75 Å². The van der Waals surface area contributed by atoms with Gasteiger partial charge in [-0.25, -0.2) is 4.98 Å². The summed E-state index contributed by atoms with van der Waals surface area (Å²) in [5.41, 5.74) is 3.35. The van der Waals surface area contributed by atoms with Gasteiger partial charge in [0.15, 0.2) is 0 Å². The summed E-state index contributed by atoms with van der Waals surface area (Å²) in [6.07, 6.45) is 1.75. The first kappa shape index (κ1) is 17.7. The van der Waals surface area contributed by atoms with E-state index in [1.165, 1.54) is 6.26 Å². The third kappa shape index (κ3) is 4.30. The Labute approximate surface area is 151 Å². The zero-order valence-electron chi connectivity index (χ0n) is 15.1. The number of aryl methyl sites for hydroxylation is 3. The molecular formula is C19H21N3O4. The molecule has 0 aliphatic carbocycles. The van der Waals surface area contributed by atoms with Gasteiger partial charge in [0.1, 0.15) is 24.3 Å². The van der Waals surface area contributed by atoms with Gasteiger partial charge in [-0.05, 0) is 44.2 Å². The quantitative estimate of drug-likeness (QED) is 0.605. The van der Waals surface area contributed by atoms with Crippen LogP contribution < -0.4 is 4.74 Å². The number of rotatable bonds is 7. The largest absolute Gasteiger partial charge is 0.497 e. The van der Waals surface area contributed by atoms with E-state index in [9.17, 15) is 4.79 Å². The zero-order chi connectivity index (χ0) is 18.5. The highest BCUT2D eigenvalue weighted by molar-refractivity contribution is 5.69. The molecule has 0 saturated heterocycles. The molecule has 0 aliphatic heterocycles. The Bertz CT molecular complexity index is 881. The Balaban J connectivity index is 1.51. The lowest BCUT2D eigenvalue weighted by Gasteiger charge is -2.04. The molecule has 0 spiro atoms. The Hall–Kier alpha value is -3.09. The van der Waals surface area contributed by atoms with Crippen LogP contribution in [0.1, 0.15) is 23.5 Å². The van der Waals surface area contributed by atoms with E-state index in [-0.39, 0.29) is 19.0 Å². The smallest absolute Gasteiger partial charge is 0.308 e. The van der Waals surface area contributed by atoms with E-state index < -0.39 is 0 Å². The van der Waals surface area contributed by atoms with Crippen molar-refractivity contribution >= 4 is 5.97 Å². The summed E-state index contributed by atoms with van der Waals surface area (Å²) >= 11 is 0. The minimum Gasteiger partial charge on any atom is -0.497 e. The fourth-order valence-corrected chi connectivity index (χ4v) is 2.56. The number of carbonyl (C=O) groups excluding carboxylic acids is 1. The maximum atomic E-state index is 11.9. The lowest BCUT2D eigenvalue weighted by atomic mass is 10.2. The molecule has 0 atom stereocenters. The summed E-state index contributed by atoms with van der Waals surface area (Å²) in [4.78, 5) is 16.3. The molecule has 0 bridgehead atoms. The van der Waals surface area contributed by atoms with Crippen LogP contribution in [0.3, 0.4) is 0 Å². The first-order chi connectivity index (χ1) is 12.5. The second-order valence-corrected chi connectivity index (χ2v) is 5.93. The van der Waals surface area contributed by atoms with Gasteiger partial charge in [-0.3, -0.25) is 9.48 Å². The first-order valence-electron chi connectivity index (χ1n) is 8.30. The van der Waals surface area contributed by atoms with Crippen LogP contribution in [0.4, 0.5) is 0 Å². The monoisotopic (exact) mass is 355 g/mol. The average molecular weight is 355 g/mol.